The predicted molar refractivity (Wildman–Crippen MR) is 64.5 cm³/mol. The van der Waals surface area contributed by atoms with E-state index in [1.54, 1.807) is 0 Å². The topological polar surface area (TPSA) is 84.3 Å². The van der Waals surface area contributed by atoms with Crippen LogP contribution < -0.4 is 11.2 Å². The molecule has 0 atom stereocenters. The Morgan fingerprint density at radius 2 is 2.29 bits per heavy atom. The number of nitrogens with one attached hydrogen (secondary N) is 1. The maximum absolute atomic E-state index is 12.0. The van der Waals surface area contributed by atoms with E-state index < -0.39 is 5.69 Å². The summed E-state index contributed by atoms with van der Waals surface area (Å²) in [6.45, 7) is 1.63. The third-order valence-corrected chi connectivity index (χ3v) is 3.43. The second-order valence-electron chi connectivity index (χ2n) is 3.55. The van der Waals surface area contributed by atoms with Crippen molar-refractivity contribution in [3.63, 3.8) is 0 Å². The summed E-state index contributed by atoms with van der Waals surface area (Å²) in [6, 6.07) is 0. The first-order chi connectivity index (χ1) is 8.15. The Bertz CT molecular complexity index is 640. The van der Waals surface area contributed by atoms with Crippen molar-refractivity contribution < 1.29 is 9.84 Å². The van der Waals surface area contributed by atoms with Gasteiger partial charge in [0.1, 0.15) is 11.4 Å². The van der Waals surface area contributed by atoms with Crippen molar-refractivity contribution >= 4 is 21.6 Å². The number of thiophene rings is 1. The van der Waals surface area contributed by atoms with Crippen LogP contribution in [0.15, 0.2) is 15.0 Å². The second-order valence-corrected chi connectivity index (χ2v) is 4.43. The first-order valence-corrected chi connectivity index (χ1v) is 5.92. The molecule has 0 saturated heterocycles. The number of aryl methyl sites for hydroxylation is 1. The SMILES string of the molecule is Cc1csc2c(=O)n(COCCO)c(=O)[nH]c12. The lowest BCUT2D eigenvalue weighted by atomic mass is 10.3. The van der Waals surface area contributed by atoms with E-state index in [0.29, 0.717) is 10.2 Å². The molecule has 2 N–H and O–H groups in total. The predicted octanol–water partition coefficient (Wildman–Crippen LogP) is 0.0261. The van der Waals surface area contributed by atoms with Gasteiger partial charge in [0.2, 0.25) is 0 Å². The van der Waals surface area contributed by atoms with Crippen LogP contribution in [0, 0.1) is 6.92 Å². The molecular weight excluding hydrogens is 244 g/mol. The Morgan fingerprint density at radius 1 is 1.53 bits per heavy atom. The van der Waals surface area contributed by atoms with Gasteiger partial charge in [-0.05, 0) is 17.9 Å². The molecule has 0 aliphatic carbocycles. The molecule has 0 radical (unpaired) electrons. The summed E-state index contributed by atoms with van der Waals surface area (Å²) in [6.07, 6.45) is 0. The minimum Gasteiger partial charge on any atom is -0.394 e. The van der Waals surface area contributed by atoms with Gasteiger partial charge in [-0.15, -0.1) is 11.3 Å². The van der Waals surface area contributed by atoms with E-state index in [1.165, 1.54) is 11.3 Å². The van der Waals surface area contributed by atoms with Crippen LogP contribution in [0.2, 0.25) is 0 Å². The molecule has 0 saturated carbocycles. The summed E-state index contributed by atoms with van der Waals surface area (Å²) in [4.78, 5) is 26.3. The molecule has 0 aliphatic heterocycles. The molecule has 2 aromatic heterocycles. The number of ether oxygens (including phenoxy) is 1. The van der Waals surface area contributed by atoms with Crippen molar-refractivity contribution in [1.29, 1.82) is 0 Å². The number of fused-ring (bicyclic) bond motifs is 1. The van der Waals surface area contributed by atoms with E-state index in [-0.39, 0.29) is 25.5 Å². The number of H-pyrrole nitrogens is 1. The zero-order valence-corrected chi connectivity index (χ0v) is 10.0. The first kappa shape index (κ1) is 12.0. The highest BCUT2D eigenvalue weighted by Gasteiger charge is 2.10. The number of aliphatic hydroxyl groups is 1. The summed E-state index contributed by atoms with van der Waals surface area (Å²) in [5, 5.41) is 10.4. The number of aliphatic hydroxyl groups excluding tert-OH is 1. The zero-order chi connectivity index (χ0) is 12.4. The van der Waals surface area contributed by atoms with Crippen LogP contribution in [0.4, 0.5) is 0 Å². The molecule has 7 heteroatoms. The Hall–Kier alpha value is -1.44. The van der Waals surface area contributed by atoms with Crippen LogP contribution in [0.25, 0.3) is 10.2 Å². The Morgan fingerprint density at radius 3 is 3.00 bits per heavy atom. The fourth-order valence-electron chi connectivity index (χ4n) is 1.48. The fourth-order valence-corrected chi connectivity index (χ4v) is 2.44. The number of aromatic amines is 1. The van der Waals surface area contributed by atoms with Gasteiger partial charge in [0.25, 0.3) is 5.56 Å². The first-order valence-electron chi connectivity index (χ1n) is 5.04. The van der Waals surface area contributed by atoms with E-state index in [4.69, 9.17) is 9.84 Å². The zero-order valence-electron chi connectivity index (χ0n) is 9.23. The van der Waals surface area contributed by atoms with Gasteiger partial charge in [0.05, 0.1) is 18.7 Å². The fraction of sp³-hybridized carbons (Fsp3) is 0.400. The number of aromatic nitrogens is 2. The largest absolute Gasteiger partial charge is 0.394 e. The van der Waals surface area contributed by atoms with Crippen molar-refractivity contribution in [1.82, 2.24) is 9.55 Å². The normalized spacial score (nSPS) is 11.2. The number of rotatable bonds is 4. The summed E-state index contributed by atoms with van der Waals surface area (Å²) in [5.74, 6) is 0. The molecule has 0 spiro atoms. The van der Waals surface area contributed by atoms with Crippen LogP contribution in [-0.2, 0) is 11.5 Å². The highest BCUT2D eigenvalue weighted by Crippen LogP contribution is 2.18. The van der Waals surface area contributed by atoms with Gasteiger partial charge in [-0.25, -0.2) is 9.36 Å². The summed E-state index contributed by atoms with van der Waals surface area (Å²) >= 11 is 1.29. The van der Waals surface area contributed by atoms with E-state index >= 15 is 0 Å². The van der Waals surface area contributed by atoms with E-state index in [9.17, 15) is 9.59 Å². The summed E-state index contributed by atoms with van der Waals surface area (Å²) in [5.41, 5.74) is 0.604. The van der Waals surface area contributed by atoms with Crippen LogP contribution in [0.5, 0.6) is 0 Å². The monoisotopic (exact) mass is 256 g/mol. The molecule has 0 fully saturated rings. The standard InChI is InChI=1S/C10H12N2O4S/c1-6-4-17-8-7(6)11-10(15)12(9(8)14)5-16-3-2-13/h4,13H,2-3,5H2,1H3,(H,11,15). The molecule has 0 aromatic carbocycles. The summed E-state index contributed by atoms with van der Waals surface area (Å²) in [7, 11) is 0. The van der Waals surface area contributed by atoms with Crippen LogP contribution in [0.1, 0.15) is 5.56 Å². The van der Waals surface area contributed by atoms with Crippen LogP contribution in [0.3, 0.4) is 0 Å². The van der Waals surface area contributed by atoms with Crippen molar-refractivity contribution in [2.75, 3.05) is 13.2 Å². The van der Waals surface area contributed by atoms with E-state index in [0.717, 1.165) is 10.1 Å². The van der Waals surface area contributed by atoms with Gasteiger partial charge in [0.15, 0.2) is 0 Å². The molecule has 6 nitrogen and oxygen atoms in total. The van der Waals surface area contributed by atoms with Gasteiger partial charge >= 0.3 is 5.69 Å². The van der Waals surface area contributed by atoms with Crippen molar-refractivity contribution in [3.8, 4) is 0 Å². The Kier molecular flexibility index (Phi) is 3.41. The average Bonchev–Trinajstić information content (AvgIpc) is 2.66. The van der Waals surface area contributed by atoms with Crippen molar-refractivity contribution in [2.45, 2.75) is 13.7 Å². The average molecular weight is 256 g/mol. The van der Waals surface area contributed by atoms with Crippen LogP contribution >= 0.6 is 11.3 Å². The smallest absolute Gasteiger partial charge is 0.330 e. The maximum Gasteiger partial charge on any atom is 0.330 e. The van der Waals surface area contributed by atoms with Crippen LogP contribution in [-0.4, -0.2) is 27.9 Å². The van der Waals surface area contributed by atoms with Crippen molar-refractivity contribution in [3.05, 3.63) is 31.8 Å². The maximum atomic E-state index is 12.0. The molecule has 2 rings (SSSR count). The Balaban J connectivity index is 2.50. The number of hydrogen-bond donors (Lipinski definition) is 2. The molecule has 0 bridgehead atoms. The lowest BCUT2D eigenvalue weighted by molar-refractivity contribution is 0.0445. The highest BCUT2D eigenvalue weighted by molar-refractivity contribution is 7.17. The lowest BCUT2D eigenvalue weighted by Crippen LogP contribution is -2.35. The molecule has 2 heterocycles. The minimum atomic E-state index is -0.498. The van der Waals surface area contributed by atoms with Gasteiger partial charge in [-0.2, -0.15) is 0 Å². The molecule has 0 unspecified atom stereocenters. The third kappa shape index (κ3) is 2.17. The van der Waals surface area contributed by atoms with E-state index in [2.05, 4.69) is 4.98 Å². The molecule has 92 valence electrons. The number of hydrogen-bond acceptors (Lipinski definition) is 5. The molecule has 2 aromatic rings. The minimum absolute atomic E-state index is 0.0907. The lowest BCUT2D eigenvalue weighted by Gasteiger charge is -2.04. The Labute approximate surface area is 100 Å². The van der Waals surface area contributed by atoms with E-state index in [1.807, 2.05) is 12.3 Å². The summed E-state index contributed by atoms with van der Waals surface area (Å²) < 4.78 is 6.47. The van der Waals surface area contributed by atoms with Gasteiger partial charge in [0, 0.05) is 0 Å². The van der Waals surface area contributed by atoms with Crippen molar-refractivity contribution in [2.24, 2.45) is 0 Å². The quantitative estimate of drug-likeness (QED) is 0.756. The molecule has 0 amide bonds. The second kappa shape index (κ2) is 4.82. The molecule has 17 heavy (non-hydrogen) atoms. The highest BCUT2D eigenvalue weighted by atomic mass is 32.1. The number of nitrogens with zero attached hydrogens (tertiary/aromatic N) is 1. The third-order valence-electron chi connectivity index (χ3n) is 2.35. The van der Waals surface area contributed by atoms with Gasteiger partial charge in [-0.1, -0.05) is 0 Å². The molecule has 0 aliphatic rings. The molecular formula is C10H12N2O4S. The van der Waals surface area contributed by atoms with Gasteiger partial charge < -0.3 is 14.8 Å². The van der Waals surface area contributed by atoms with Gasteiger partial charge in [-0.3, -0.25) is 4.79 Å².